The number of likely N-dealkylation sites (tertiary alicyclic amines) is 1. The molecule has 31 heavy (non-hydrogen) atoms. The van der Waals surface area contributed by atoms with Crippen LogP contribution in [0.1, 0.15) is 41.5 Å². The van der Waals surface area contributed by atoms with Crippen LogP contribution in [0.5, 0.6) is 5.75 Å². The van der Waals surface area contributed by atoms with Gasteiger partial charge in [-0.3, -0.25) is 0 Å². The average Bonchev–Trinajstić information content (AvgIpc) is 3.38. The first-order chi connectivity index (χ1) is 15.3. The third-order valence-corrected chi connectivity index (χ3v) is 6.73. The number of benzene rings is 3. The topological polar surface area (TPSA) is 24.8 Å². The maximum absolute atomic E-state index is 5.79. The predicted molar refractivity (Wildman–Crippen MR) is 128 cm³/mol. The predicted octanol–water partition coefficient (Wildman–Crippen LogP) is 5.82. The molecule has 0 N–H and O–H groups in total. The fraction of sp³-hybridized carbons (Fsp3) is 0.321. The quantitative estimate of drug-likeness (QED) is 0.495. The number of methoxy groups -OCH3 is 1. The summed E-state index contributed by atoms with van der Waals surface area (Å²) >= 11 is 0. The Balaban J connectivity index is 1.58. The summed E-state index contributed by atoms with van der Waals surface area (Å²) in [5.74, 6) is 1.01. The molecule has 1 aliphatic heterocycles. The van der Waals surface area contributed by atoms with Crippen molar-refractivity contribution in [3.63, 3.8) is 0 Å². The molecular formula is C28H30N2O. The maximum atomic E-state index is 5.79. The molecule has 5 rings (SSSR count). The van der Waals surface area contributed by atoms with Crippen LogP contribution in [0.25, 0.3) is 0 Å². The van der Waals surface area contributed by atoms with Gasteiger partial charge in [-0.1, -0.05) is 60.7 Å². The van der Waals surface area contributed by atoms with Crippen molar-refractivity contribution in [2.75, 3.05) is 20.2 Å². The lowest BCUT2D eigenvalue weighted by molar-refractivity contribution is 0.220. The second-order valence-electron chi connectivity index (χ2n) is 8.58. The highest BCUT2D eigenvalue weighted by Crippen LogP contribution is 2.38. The second kappa shape index (κ2) is 9.07. The summed E-state index contributed by atoms with van der Waals surface area (Å²) in [6, 6.07) is 25.9. The molecule has 1 heterocycles. The zero-order valence-electron chi connectivity index (χ0n) is 18.3. The summed E-state index contributed by atoms with van der Waals surface area (Å²) in [5, 5.41) is 0. The van der Waals surface area contributed by atoms with Crippen LogP contribution in [-0.4, -0.2) is 36.9 Å². The van der Waals surface area contributed by atoms with Gasteiger partial charge in [-0.2, -0.15) is 0 Å². The van der Waals surface area contributed by atoms with Gasteiger partial charge >= 0.3 is 0 Å². The molecule has 0 amide bonds. The minimum atomic E-state index is 0.630. The van der Waals surface area contributed by atoms with E-state index in [1.54, 1.807) is 7.11 Å². The molecule has 0 aromatic heterocycles. The van der Waals surface area contributed by atoms with Gasteiger partial charge in [0.05, 0.1) is 18.5 Å². The van der Waals surface area contributed by atoms with E-state index in [4.69, 9.17) is 9.73 Å². The van der Waals surface area contributed by atoms with Gasteiger partial charge in [0.1, 0.15) is 5.75 Å². The molecule has 0 radical (unpaired) electrons. The SMILES string of the molecule is COc1ccc(N=C(c2ccccc2)c2ccccc2)c2c1CC(N1CCCC1)CC2. The van der Waals surface area contributed by atoms with E-state index in [9.17, 15) is 0 Å². The number of fused-ring (bicyclic) bond motifs is 1. The Morgan fingerprint density at radius 1 is 0.839 bits per heavy atom. The first kappa shape index (κ1) is 20.0. The Morgan fingerprint density at radius 3 is 2.10 bits per heavy atom. The lowest BCUT2D eigenvalue weighted by Crippen LogP contribution is -2.37. The largest absolute Gasteiger partial charge is 0.496 e. The normalized spacial score (nSPS) is 18.4. The van der Waals surface area contributed by atoms with E-state index in [0.717, 1.165) is 41.1 Å². The maximum Gasteiger partial charge on any atom is 0.122 e. The van der Waals surface area contributed by atoms with Gasteiger partial charge in [0.2, 0.25) is 0 Å². The number of hydrogen-bond donors (Lipinski definition) is 0. The van der Waals surface area contributed by atoms with Gasteiger partial charge in [0.25, 0.3) is 0 Å². The van der Waals surface area contributed by atoms with E-state index in [1.165, 1.54) is 43.5 Å². The van der Waals surface area contributed by atoms with Crippen LogP contribution in [0.2, 0.25) is 0 Å². The van der Waals surface area contributed by atoms with Gasteiger partial charge in [-0.05, 0) is 62.9 Å². The van der Waals surface area contributed by atoms with E-state index >= 15 is 0 Å². The van der Waals surface area contributed by atoms with Gasteiger partial charge < -0.3 is 9.64 Å². The molecule has 3 aromatic carbocycles. The molecule has 0 saturated carbocycles. The van der Waals surface area contributed by atoms with Crippen molar-refractivity contribution in [2.45, 2.75) is 38.1 Å². The van der Waals surface area contributed by atoms with E-state index in [2.05, 4.69) is 77.7 Å². The van der Waals surface area contributed by atoms with Gasteiger partial charge in [-0.25, -0.2) is 4.99 Å². The van der Waals surface area contributed by atoms with Gasteiger partial charge in [-0.15, -0.1) is 0 Å². The summed E-state index contributed by atoms with van der Waals surface area (Å²) in [5.41, 5.74) is 7.10. The highest BCUT2D eigenvalue weighted by Gasteiger charge is 2.29. The van der Waals surface area contributed by atoms with Crippen LogP contribution < -0.4 is 4.74 Å². The van der Waals surface area contributed by atoms with Crippen LogP contribution in [0.15, 0.2) is 77.8 Å². The summed E-state index contributed by atoms with van der Waals surface area (Å²) in [6.45, 7) is 2.48. The second-order valence-corrected chi connectivity index (χ2v) is 8.58. The molecule has 1 fully saturated rings. The first-order valence-electron chi connectivity index (χ1n) is 11.5. The molecular weight excluding hydrogens is 380 g/mol. The van der Waals surface area contributed by atoms with E-state index in [1.807, 2.05) is 0 Å². The standard InChI is InChI=1S/C28H30N2O/c1-31-27-17-16-26(24-15-14-23(20-25(24)27)30-18-8-9-19-30)29-28(21-10-4-2-5-11-21)22-12-6-3-7-13-22/h2-7,10-13,16-17,23H,8-9,14-15,18-20H2,1H3. The number of aliphatic imine (C=N–C) groups is 1. The minimum absolute atomic E-state index is 0.630. The Morgan fingerprint density at radius 2 is 1.48 bits per heavy atom. The number of ether oxygens (including phenoxy) is 1. The Labute approximate surface area is 185 Å². The van der Waals surface area contributed by atoms with Crippen molar-refractivity contribution in [3.05, 3.63) is 95.1 Å². The summed E-state index contributed by atoms with van der Waals surface area (Å²) in [4.78, 5) is 7.94. The molecule has 3 nitrogen and oxygen atoms in total. The van der Waals surface area contributed by atoms with Gasteiger partial charge in [0, 0.05) is 22.7 Å². The van der Waals surface area contributed by atoms with Crippen LogP contribution >= 0.6 is 0 Å². The Bertz CT molecular complexity index is 1010. The lowest BCUT2D eigenvalue weighted by Gasteiger charge is -2.33. The molecule has 3 heteroatoms. The number of nitrogens with zero attached hydrogens (tertiary/aromatic N) is 2. The fourth-order valence-corrected chi connectivity index (χ4v) is 5.13. The summed E-state index contributed by atoms with van der Waals surface area (Å²) in [6.07, 6.45) is 6.00. The van der Waals surface area contributed by atoms with Crippen molar-refractivity contribution in [3.8, 4) is 5.75 Å². The zero-order valence-corrected chi connectivity index (χ0v) is 18.3. The van der Waals surface area contributed by atoms with Crippen LogP contribution in [0.4, 0.5) is 5.69 Å². The summed E-state index contributed by atoms with van der Waals surface area (Å²) in [7, 11) is 1.79. The molecule has 1 atom stereocenters. The third-order valence-electron chi connectivity index (χ3n) is 6.73. The average molecular weight is 411 g/mol. The molecule has 1 aliphatic carbocycles. The number of hydrogen-bond acceptors (Lipinski definition) is 3. The smallest absolute Gasteiger partial charge is 0.122 e. The lowest BCUT2D eigenvalue weighted by atomic mass is 9.85. The molecule has 1 saturated heterocycles. The van der Waals surface area contributed by atoms with Crippen LogP contribution in [-0.2, 0) is 12.8 Å². The van der Waals surface area contributed by atoms with Crippen molar-refractivity contribution in [1.29, 1.82) is 0 Å². The zero-order chi connectivity index (χ0) is 21.0. The third kappa shape index (κ3) is 4.15. The Kier molecular flexibility index (Phi) is 5.86. The Hall–Kier alpha value is -2.91. The van der Waals surface area contributed by atoms with E-state index < -0.39 is 0 Å². The van der Waals surface area contributed by atoms with Crippen molar-refractivity contribution < 1.29 is 4.74 Å². The van der Waals surface area contributed by atoms with E-state index in [-0.39, 0.29) is 0 Å². The monoisotopic (exact) mass is 410 g/mol. The van der Waals surface area contributed by atoms with E-state index in [0.29, 0.717) is 6.04 Å². The summed E-state index contributed by atoms with van der Waals surface area (Å²) < 4.78 is 5.79. The van der Waals surface area contributed by atoms with Crippen molar-refractivity contribution >= 4 is 11.4 Å². The van der Waals surface area contributed by atoms with Gasteiger partial charge in [0.15, 0.2) is 0 Å². The number of rotatable bonds is 5. The molecule has 2 aliphatic rings. The molecule has 3 aromatic rings. The fourth-order valence-electron chi connectivity index (χ4n) is 5.13. The molecule has 0 bridgehead atoms. The highest BCUT2D eigenvalue weighted by molar-refractivity contribution is 6.14. The molecule has 158 valence electrons. The van der Waals surface area contributed by atoms with Crippen molar-refractivity contribution in [2.24, 2.45) is 4.99 Å². The minimum Gasteiger partial charge on any atom is -0.496 e. The molecule has 0 spiro atoms. The first-order valence-corrected chi connectivity index (χ1v) is 11.5. The van der Waals surface area contributed by atoms with Crippen molar-refractivity contribution in [1.82, 2.24) is 4.90 Å². The highest BCUT2D eigenvalue weighted by atomic mass is 16.5. The molecule has 1 unspecified atom stereocenters. The van der Waals surface area contributed by atoms with Crippen LogP contribution in [0, 0.1) is 0 Å². The van der Waals surface area contributed by atoms with Crippen LogP contribution in [0.3, 0.4) is 0 Å².